The summed E-state index contributed by atoms with van der Waals surface area (Å²) in [7, 11) is 0. The number of hydrogen-bond donors (Lipinski definition) is 1. The quantitative estimate of drug-likeness (QED) is 0.298. The van der Waals surface area contributed by atoms with E-state index in [4.69, 9.17) is 9.47 Å². The summed E-state index contributed by atoms with van der Waals surface area (Å²) in [5.41, 5.74) is -6.45. The molecule has 276 valence electrons. The van der Waals surface area contributed by atoms with E-state index in [1.807, 2.05) is 0 Å². The molecule has 1 saturated heterocycles. The highest BCUT2D eigenvalue weighted by Crippen LogP contribution is 2.53. The molecular formula is C36H48F4N4O6. The monoisotopic (exact) mass is 708 g/mol. The number of nitrogens with zero attached hydrogens (tertiary/aromatic N) is 3. The molecule has 10 nitrogen and oxygen atoms in total. The Morgan fingerprint density at radius 2 is 1.84 bits per heavy atom. The molecule has 1 fully saturated rings. The number of nitrogens with one attached hydrogen (secondary N) is 1. The zero-order valence-electron chi connectivity index (χ0n) is 30.0. The molecule has 50 heavy (non-hydrogen) atoms. The van der Waals surface area contributed by atoms with Crippen molar-refractivity contribution in [3.05, 3.63) is 47.3 Å². The number of fused-ring (bicyclic) bond motifs is 1. The first-order valence-electron chi connectivity index (χ1n) is 17.0. The summed E-state index contributed by atoms with van der Waals surface area (Å²) in [6, 6.07) is 0.495. The molecule has 0 aromatic heterocycles. The van der Waals surface area contributed by atoms with Crippen LogP contribution in [-0.2, 0) is 20.5 Å². The zero-order chi connectivity index (χ0) is 37.4. The second kappa shape index (κ2) is 14.3. The standard InChI is InChI=1S/C36H48F4N4O6/c1-9-29(45)41-16-18-43-26-19-24(30(46)44(22(2)3)23-13-12-17-42(21-23)32(48)50-33(4,5)6)25(36(38,39)40)20-27(26)49-35(8,31(43)47)34(7)15-11-10-14-28(34)37/h10-11,14,19-20,22-23H,9,12-13,15-18,21H2,1-8H3,(H,41,45)/t23-,34?,35?/m1/s1. The normalized spacial score (nSPS) is 24.0. The summed E-state index contributed by atoms with van der Waals surface area (Å²) in [4.78, 5) is 57.6. The second-order valence-electron chi connectivity index (χ2n) is 14.7. The van der Waals surface area contributed by atoms with E-state index in [-0.39, 0.29) is 49.8 Å². The van der Waals surface area contributed by atoms with Gasteiger partial charge in [0.15, 0.2) is 5.60 Å². The fourth-order valence-electron chi connectivity index (χ4n) is 6.70. The fourth-order valence-corrected chi connectivity index (χ4v) is 6.70. The van der Waals surface area contributed by atoms with Crippen molar-refractivity contribution >= 4 is 29.5 Å². The summed E-state index contributed by atoms with van der Waals surface area (Å²) in [6.45, 7) is 13.2. The van der Waals surface area contributed by atoms with Crippen LogP contribution in [0.4, 0.5) is 28.0 Å². The molecule has 4 rings (SSSR count). The average Bonchev–Trinajstić information content (AvgIpc) is 3.02. The number of carbonyl (C=O) groups excluding carboxylic acids is 4. The Kier molecular flexibility index (Phi) is 11.0. The first-order valence-corrected chi connectivity index (χ1v) is 17.0. The number of halogens is 4. The molecule has 1 aliphatic carbocycles. The lowest BCUT2D eigenvalue weighted by atomic mass is 9.67. The van der Waals surface area contributed by atoms with Crippen LogP contribution in [0.2, 0.25) is 0 Å². The van der Waals surface area contributed by atoms with Gasteiger partial charge in [-0.3, -0.25) is 14.4 Å². The van der Waals surface area contributed by atoms with Gasteiger partial charge in [-0.15, -0.1) is 0 Å². The van der Waals surface area contributed by atoms with Gasteiger partial charge in [0.2, 0.25) is 5.91 Å². The lowest BCUT2D eigenvalue weighted by Crippen LogP contribution is -2.63. The average molecular weight is 709 g/mol. The fraction of sp³-hybridized carbons (Fsp3) is 0.611. The number of anilines is 1. The first kappa shape index (κ1) is 38.7. The predicted molar refractivity (Wildman–Crippen MR) is 179 cm³/mol. The van der Waals surface area contributed by atoms with Gasteiger partial charge in [-0.1, -0.05) is 19.1 Å². The van der Waals surface area contributed by atoms with Crippen molar-refractivity contribution in [2.45, 2.75) is 111 Å². The maximum Gasteiger partial charge on any atom is 0.417 e. The van der Waals surface area contributed by atoms with Crippen LogP contribution in [-0.4, -0.2) is 83.1 Å². The topological polar surface area (TPSA) is 108 Å². The van der Waals surface area contributed by atoms with Crippen LogP contribution in [0, 0.1) is 5.41 Å². The molecule has 3 aliphatic rings. The maximum absolute atomic E-state index is 15.5. The van der Waals surface area contributed by atoms with Crippen LogP contribution < -0.4 is 15.0 Å². The molecule has 0 saturated carbocycles. The third-order valence-electron chi connectivity index (χ3n) is 9.59. The summed E-state index contributed by atoms with van der Waals surface area (Å²) in [5, 5.41) is 2.66. The van der Waals surface area contributed by atoms with E-state index in [1.54, 1.807) is 47.6 Å². The Labute approximate surface area is 290 Å². The lowest BCUT2D eigenvalue weighted by Gasteiger charge is -2.50. The first-order chi connectivity index (χ1) is 23.1. The Morgan fingerprint density at radius 1 is 1.16 bits per heavy atom. The van der Waals surface area contributed by atoms with Crippen LogP contribution >= 0.6 is 0 Å². The Balaban J connectivity index is 1.82. The minimum atomic E-state index is -5.03. The summed E-state index contributed by atoms with van der Waals surface area (Å²) >= 11 is 0. The minimum Gasteiger partial charge on any atom is -0.474 e. The van der Waals surface area contributed by atoms with Gasteiger partial charge in [-0.2, -0.15) is 13.2 Å². The highest BCUT2D eigenvalue weighted by atomic mass is 19.4. The number of rotatable bonds is 8. The van der Waals surface area contributed by atoms with Gasteiger partial charge in [0.1, 0.15) is 17.2 Å². The molecule has 2 heterocycles. The summed E-state index contributed by atoms with van der Waals surface area (Å²) in [5.74, 6) is -3.02. The molecule has 0 radical (unpaired) electrons. The SMILES string of the molecule is CCC(=O)NCCN1C(=O)C(C)(C2(C)CC=CC=C2F)Oc2cc(C(F)(F)F)c(C(=O)N(C(C)C)[C@@H]3CCCN(C(=O)OC(C)(C)C)C3)cc21. The number of carbonyl (C=O) groups is 4. The molecule has 2 aliphatic heterocycles. The lowest BCUT2D eigenvalue weighted by molar-refractivity contribution is -0.145. The minimum absolute atomic E-state index is 0.0288. The number of benzene rings is 1. The molecule has 1 aromatic carbocycles. The molecule has 14 heteroatoms. The van der Waals surface area contributed by atoms with Crippen LogP contribution in [0.3, 0.4) is 0 Å². The molecule has 1 aromatic rings. The summed E-state index contributed by atoms with van der Waals surface area (Å²) in [6.07, 6.45) is -0.172. The molecule has 0 bridgehead atoms. The maximum atomic E-state index is 15.5. The van der Waals surface area contributed by atoms with E-state index in [0.29, 0.717) is 25.5 Å². The highest BCUT2D eigenvalue weighted by molar-refractivity contribution is 6.06. The number of hydrogen-bond acceptors (Lipinski definition) is 6. The van der Waals surface area contributed by atoms with E-state index in [0.717, 1.165) is 11.0 Å². The molecule has 3 atom stereocenters. The van der Waals surface area contributed by atoms with Crippen LogP contribution in [0.5, 0.6) is 5.75 Å². The van der Waals surface area contributed by atoms with Crippen molar-refractivity contribution in [3.63, 3.8) is 0 Å². The Bertz CT molecular complexity index is 1570. The van der Waals surface area contributed by atoms with Gasteiger partial charge < -0.3 is 29.5 Å². The second-order valence-corrected chi connectivity index (χ2v) is 14.7. The number of piperidine rings is 1. The molecule has 2 unspecified atom stereocenters. The van der Waals surface area contributed by atoms with E-state index >= 15 is 4.39 Å². The summed E-state index contributed by atoms with van der Waals surface area (Å²) < 4.78 is 71.8. The van der Waals surface area contributed by atoms with E-state index in [2.05, 4.69) is 5.32 Å². The number of alkyl halides is 3. The highest BCUT2D eigenvalue weighted by Gasteiger charge is 2.59. The number of likely N-dealkylation sites (tertiary alicyclic amines) is 1. The largest absolute Gasteiger partial charge is 0.474 e. The number of allylic oxidation sites excluding steroid dienone is 3. The van der Waals surface area contributed by atoms with Crippen LogP contribution in [0.25, 0.3) is 0 Å². The van der Waals surface area contributed by atoms with E-state index in [9.17, 15) is 32.3 Å². The van der Waals surface area contributed by atoms with E-state index < -0.39 is 69.7 Å². The van der Waals surface area contributed by atoms with E-state index in [1.165, 1.54) is 35.8 Å². The molecule has 1 N–H and O–H groups in total. The Hall–Kier alpha value is -4.10. The zero-order valence-corrected chi connectivity index (χ0v) is 30.0. The Morgan fingerprint density at radius 3 is 2.42 bits per heavy atom. The van der Waals surface area contributed by atoms with Crippen LogP contribution in [0.1, 0.15) is 97.0 Å². The van der Waals surface area contributed by atoms with Gasteiger partial charge in [-0.25, -0.2) is 9.18 Å². The van der Waals surface area contributed by atoms with Gasteiger partial charge in [-0.05, 0) is 85.9 Å². The third kappa shape index (κ3) is 7.63. The molecule has 0 spiro atoms. The van der Waals surface area contributed by atoms with Crippen molar-refractivity contribution in [2.75, 3.05) is 31.1 Å². The van der Waals surface area contributed by atoms with Gasteiger partial charge in [0.05, 0.1) is 28.3 Å². The third-order valence-corrected chi connectivity index (χ3v) is 9.59. The molecular weight excluding hydrogens is 660 g/mol. The van der Waals surface area contributed by atoms with Gasteiger partial charge in [0, 0.05) is 38.6 Å². The van der Waals surface area contributed by atoms with Crippen molar-refractivity contribution in [1.29, 1.82) is 0 Å². The smallest absolute Gasteiger partial charge is 0.417 e. The molecule has 4 amide bonds. The van der Waals surface area contributed by atoms with Crippen LogP contribution in [0.15, 0.2) is 36.2 Å². The van der Waals surface area contributed by atoms with Crippen molar-refractivity contribution in [2.24, 2.45) is 5.41 Å². The van der Waals surface area contributed by atoms with Crippen molar-refractivity contribution in [3.8, 4) is 5.75 Å². The predicted octanol–water partition coefficient (Wildman–Crippen LogP) is 6.79. The van der Waals surface area contributed by atoms with Gasteiger partial charge in [0.25, 0.3) is 11.8 Å². The van der Waals surface area contributed by atoms with Gasteiger partial charge >= 0.3 is 12.3 Å². The number of ether oxygens (including phenoxy) is 2. The van der Waals surface area contributed by atoms with Crippen molar-refractivity contribution < 1.29 is 46.2 Å². The number of amides is 4. The van der Waals surface area contributed by atoms with Crippen molar-refractivity contribution in [1.82, 2.24) is 15.1 Å².